The van der Waals surface area contributed by atoms with Crippen LogP contribution in [0.2, 0.25) is 10.0 Å². The summed E-state index contributed by atoms with van der Waals surface area (Å²) in [6.45, 7) is 1.22. The largest absolute Gasteiger partial charge is 0.484 e. The van der Waals surface area contributed by atoms with Gasteiger partial charge in [0.15, 0.2) is 6.61 Å². The monoisotopic (exact) mass is 366 g/mol. The molecule has 0 saturated heterocycles. The zero-order valence-electron chi connectivity index (χ0n) is 13.7. The summed E-state index contributed by atoms with van der Waals surface area (Å²) < 4.78 is 5.42. The van der Waals surface area contributed by atoms with Crippen LogP contribution in [0.15, 0.2) is 42.5 Å². The van der Waals surface area contributed by atoms with E-state index in [-0.39, 0.29) is 12.5 Å². The maximum Gasteiger partial charge on any atom is 0.258 e. The molecule has 0 fully saturated rings. The number of halogens is 2. The van der Waals surface area contributed by atoms with Gasteiger partial charge in [-0.15, -0.1) is 0 Å². The van der Waals surface area contributed by atoms with E-state index in [1.54, 1.807) is 18.2 Å². The molecule has 0 aliphatic heterocycles. The molecule has 2 rings (SSSR count). The Bertz CT molecular complexity index is 705. The van der Waals surface area contributed by atoms with E-state index < -0.39 is 0 Å². The molecule has 0 aliphatic rings. The number of amides is 1. The Kier molecular flexibility index (Phi) is 6.91. The third kappa shape index (κ3) is 5.71. The zero-order valence-corrected chi connectivity index (χ0v) is 15.2. The lowest BCUT2D eigenvalue weighted by molar-refractivity contribution is -0.123. The van der Waals surface area contributed by atoms with Gasteiger partial charge in [-0.2, -0.15) is 0 Å². The maximum atomic E-state index is 12.0. The van der Waals surface area contributed by atoms with Crippen molar-refractivity contribution in [1.82, 2.24) is 10.2 Å². The Hall–Kier alpha value is -1.75. The zero-order chi connectivity index (χ0) is 17.5. The van der Waals surface area contributed by atoms with Crippen molar-refractivity contribution in [1.29, 1.82) is 0 Å². The fourth-order valence-corrected chi connectivity index (χ4v) is 2.47. The highest BCUT2D eigenvalue weighted by Crippen LogP contribution is 2.26. The highest BCUT2D eigenvalue weighted by Gasteiger charge is 2.07. The summed E-state index contributed by atoms with van der Waals surface area (Å²) in [5, 5.41) is 3.71. The van der Waals surface area contributed by atoms with Crippen LogP contribution >= 0.6 is 23.2 Å². The van der Waals surface area contributed by atoms with Crippen LogP contribution in [0.1, 0.15) is 11.1 Å². The second-order valence-electron chi connectivity index (χ2n) is 5.65. The van der Waals surface area contributed by atoms with E-state index in [1.165, 1.54) is 5.56 Å². The van der Waals surface area contributed by atoms with Gasteiger partial charge in [-0.05, 0) is 37.4 Å². The molecule has 0 radical (unpaired) electrons. The van der Waals surface area contributed by atoms with Gasteiger partial charge in [0.25, 0.3) is 5.91 Å². The van der Waals surface area contributed by atoms with Crippen LogP contribution in [0, 0.1) is 0 Å². The molecule has 24 heavy (non-hydrogen) atoms. The molecule has 0 spiro atoms. The van der Waals surface area contributed by atoms with E-state index in [1.807, 2.05) is 32.3 Å². The highest BCUT2D eigenvalue weighted by atomic mass is 35.5. The minimum absolute atomic E-state index is 0.0756. The molecule has 0 heterocycles. The molecular formula is C18H20Cl2N2O2. The van der Waals surface area contributed by atoms with Crippen LogP contribution in [0.5, 0.6) is 5.75 Å². The van der Waals surface area contributed by atoms with Crippen LogP contribution in [0.3, 0.4) is 0 Å². The molecule has 6 heteroatoms. The second-order valence-corrected chi connectivity index (χ2v) is 6.46. The standard InChI is InChI=1S/C18H20Cl2N2O2/c1-22(2)11-14-6-4-3-5-13(14)10-21-18(23)12-24-15-7-8-16(19)17(20)9-15/h3-9H,10-12H2,1-2H3,(H,21,23). The van der Waals surface area contributed by atoms with Gasteiger partial charge < -0.3 is 15.0 Å². The Balaban J connectivity index is 1.86. The molecular weight excluding hydrogens is 347 g/mol. The van der Waals surface area contributed by atoms with Crippen molar-refractivity contribution in [2.75, 3.05) is 20.7 Å². The van der Waals surface area contributed by atoms with Crippen molar-refractivity contribution < 1.29 is 9.53 Å². The lowest BCUT2D eigenvalue weighted by atomic mass is 10.1. The van der Waals surface area contributed by atoms with E-state index >= 15 is 0 Å². The number of ether oxygens (including phenoxy) is 1. The molecule has 128 valence electrons. The SMILES string of the molecule is CN(C)Cc1ccccc1CNC(=O)COc1ccc(Cl)c(Cl)c1. The fourth-order valence-electron chi connectivity index (χ4n) is 2.19. The molecule has 0 unspecified atom stereocenters. The average Bonchev–Trinajstić information content (AvgIpc) is 2.54. The van der Waals surface area contributed by atoms with Crippen molar-refractivity contribution in [2.24, 2.45) is 0 Å². The first-order valence-electron chi connectivity index (χ1n) is 7.52. The summed E-state index contributed by atoms with van der Waals surface area (Å²) in [4.78, 5) is 14.1. The van der Waals surface area contributed by atoms with Gasteiger partial charge in [0.1, 0.15) is 5.75 Å². The number of carbonyl (C=O) groups is 1. The molecule has 0 bridgehead atoms. The number of benzene rings is 2. The number of hydrogen-bond acceptors (Lipinski definition) is 3. The quantitative estimate of drug-likeness (QED) is 0.811. The van der Waals surface area contributed by atoms with Gasteiger partial charge in [0, 0.05) is 19.2 Å². The molecule has 2 aromatic rings. The van der Waals surface area contributed by atoms with Crippen molar-refractivity contribution in [3.8, 4) is 5.75 Å². The van der Waals surface area contributed by atoms with Crippen LogP contribution in [-0.4, -0.2) is 31.5 Å². The molecule has 1 N–H and O–H groups in total. The lowest BCUT2D eigenvalue weighted by Gasteiger charge is -2.15. The number of nitrogens with zero attached hydrogens (tertiary/aromatic N) is 1. The van der Waals surface area contributed by atoms with Gasteiger partial charge in [-0.1, -0.05) is 47.5 Å². The third-order valence-electron chi connectivity index (χ3n) is 3.34. The van der Waals surface area contributed by atoms with Gasteiger partial charge in [-0.25, -0.2) is 0 Å². The van der Waals surface area contributed by atoms with Gasteiger partial charge in [-0.3, -0.25) is 4.79 Å². The molecule has 0 atom stereocenters. The smallest absolute Gasteiger partial charge is 0.258 e. The van der Waals surface area contributed by atoms with Gasteiger partial charge in [0.05, 0.1) is 10.0 Å². The van der Waals surface area contributed by atoms with E-state index in [2.05, 4.69) is 16.3 Å². The molecule has 4 nitrogen and oxygen atoms in total. The van der Waals surface area contributed by atoms with Crippen molar-refractivity contribution in [2.45, 2.75) is 13.1 Å². The topological polar surface area (TPSA) is 41.6 Å². The normalized spacial score (nSPS) is 10.7. The number of hydrogen-bond donors (Lipinski definition) is 1. The van der Waals surface area contributed by atoms with E-state index in [0.29, 0.717) is 22.3 Å². The first-order valence-corrected chi connectivity index (χ1v) is 8.27. The lowest BCUT2D eigenvalue weighted by Crippen LogP contribution is -2.29. The highest BCUT2D eigenvalue weighted by molar-refractivity contribution is 6.42. The first kappa shape index (κ1) is 18.6. The maximum absolute atomic E-state index is 12.0. The van der Waals surface area contributed by atoms with Crippen LogP contribution < -0.4 is 10.1 Å². The van der Waals surface area contributed by atoms with Crippen molar-refractivity contribution in [3.05, 3.63) is 63.6 Å². The minimum atomic E-state index is -0.194. The predicted octanol–water partition coefficient (Wildman–Crippen LogP) is 3.75. The van der Waals surface area contributed by atoms with Crippen molar-refractivity contribution >= 4 is 29.1 Å². The molecule has 0 aliphatic carbocycles. The molecule has 1 amide bonds. The summed E-state index contributed by atoms with van der Waals surface area (Å²) in [7, 11) is 4.03. The molecule has 0 saturated carbocycles. The van der Waals surface area contributed by atoms with E-state index in [4.69, 9.17) is 27.9 Å². The summed E-state index contributed by atoms with van der Waals surface area (Å²) >= 11 is 11.8. The van der Waals surface area contributed by atoms with Crippen LogP contribution in [-0.2, 0) is 17.9 Å². The second kappa shape index (κ2) is 8.92. The summed E-state index contributed by atoms with van der Waals surface area (Å²) in [5.41, 5.74) is 2.28. The van der Waals surface area contributed by atoms with Crippen LogP contribution in [0.4, 0.5) is 0 Å². The number of rotatable bonds is 7. The van der Waals surface area contributed by atoms with E-state index in [9.17, 15) is 4.79 Å². The summed E-state index contributed by atoms with van der Waals surface area (Å²) in [6.07, 6.45) is 0. The van der Waals surface area contributed by atoms with Crippen molar-refractivity contribution in [3.63, 3.8) is 0 Å². The fraction of sp³-hybridized carbons (Fsp3) is 0.278. The van der Waals surface area contributed by atoms with E-state index in [0.717, 1.165) is 12.1 Å². The molecule has 0 aromatic heterocycles. The van der Waals surface area contributed by atoms with Gasteiger partial charge >= 0.3 is 0 Å². The molecule has 2 aromatic carbocycles. The Labute approximate surface area is 152 Å². The Morgan fingerprint density at radius 2 is 1.79 bits per heavy atom. The minimum Gasteiger partial charge on any atom is -0.484 e. The number of carbonyl (C=O) groups excluding carboxylic acids is 1. The van der Waals surface area contributed by atoms with Crippen LogP contribution in [0.25, 0.3) is 0 Å². The summed E-state index contributed by atoms with van der Waals surface area (Å²) in [5.74, 6) is 0.313. The Morgan fingerprint density at radius 3 is 2.46 bits per heavy atom. The first-order chi connectivity index (χ1) is 11.5. The summed E-state index contributed by atoms with van der Waals surface area (Å²) in [6, 6.07) is 12.9. The van der Waals surface area contributed by atoms with Gasteiger partial charge in [0.2, 0.25) is 0 Å². The number of nitrogens with one attached hydrogen (secondary N) is 1. The Morgan fingerprint density at radius 1 is 1.08 bits per heavy atom. The third-order valence-corrected chi connectivity index (χ3v) is 4.08. The average molecular weight is 367 g/mol. The predicted molar refractivity (Wildman–Crippen MR) is 97.6 cm³/mol.